The molecule has 88 valence electrons. The van der Waals surface area contributed by atoms with Gasteiger partial charge in [-0.05, 0) is 25.4 Å². The van der Waals surface area contributed by atoms with Crippen molar-refractivity contribution < 1.29 is 4.79 Å². The first-order valence-corrected chi connectivity index (χ1v) is 6.07. The average Bonchev–Trinajstić information content (AvgIpc) is 2.69. The summed E-state index contributed by atoms with van der Waals surface area (Å²) in [7, 11) is 0. The van der Waals surface area contributed by atoms with Gasteiger partial charge in [0.25, 0.3) is 5.91 Å². The summed E-state index contributed by atoms with van der Waals surface area (Å²) in [5, 5.41) is 3.65. The van der Waals surface area contributed by atoms with Crippen LogP contribution in [0.2, 0.25) is 0 Å². The van der Waals surface area contributed by atoms with E-state index >= 15 is 0 Å². The molecule has 0 radical (unpaired) electrons. The van der Waals surface area contributed by atoms with E-state index in [1.54, 1.807) is 4.90 Å². The Hall–Kier alpha value is -1.08. The van der Waals surface area contributed by atoms with Crippen LogP contribution in [0, 0.1) is 0 Å². The standard InChI is InChI=1S/C9H14N4OS2/c1-6(2)13(4-3-8(10)15)9(14)7-5-11-12-16-7/h5-6H,3-4H2,1-2H3,(H2,10,15). The number of aromatic nitrogens is 2. The minimum absolute atomic E-state index is 0.0683. The molecular formula is C9H14N4OS2. The Morgan fingerprint density at radius 1 is 1.69 bits per heavy atom. The van der Waals surface area contributed by atoms with Gasteiger partial charge in [0.2, 0.25) is 0 Å². The summed E-state index contributed by atoms with van der Waals surface area (Å²) >= 11 is 5.90. The molecule has 1 amide bonds. The van der Waals surface area contributed by atoms with Crippen LogP contribution < -0.4 is 5.73 Å². The average molecular weight is 258 g/mol. The molecule has 0 spiro atoms. The van der Waals surface area contributed by atoms with Gasteiger partial charge in [-0.3, -0.25) is 4.79 Å². The van der Waals surface area contributed by atoms with E-state index in [9.17, 15) is 4.79 Å². The minimum Gasteiger partial charge on any atom is -0.393 e. The highest BCUT2D eigenvalue weighted by Gasteiger charge is 2.20. The Bertz CT molecular complexity index is 364. The summed E-state index contributed by atoms with van der Waals surface area (Å²) in [5.41, 5.74) is 5.43. The molecule has 16 heavy (non-hydrogen) atoms. The Kier molecular flexibility index (Phi) is 4.75. The number of nitrogens with zero attached hydrogens (tertiary/aromatic N) is 3. The number of carbonyl (C=O) groups is 1. The third kappa shape index (κ3) is 3.49. The lowest BCUT2D eigenvalue weighted by Gasteiger charge is -2.25. The monoisotopic (exact) mass is 258 g/mol. The van der Waals surface area contributed by atoms with Gasteiger partial charge in [0.1, 0.15) is 4.88 Å². The van der Waals surface area contributed by atoms with Gasteiger partial charge in [0.05, 0.1) is 11.2 Å². The van der Waals surface area contributed by atoms with Crippen LogP contribution in [0.25, 0.3) is 0 Å². The van der Waals surface area contributed by atoms with Gasteiger partial charge >= 0.3 is 0 Å². The summed E-state index contributed by atoms with van der Waals surface area (Å²) < 4.78 is 3.67. The Labute approximate surface area is 104 Å². The fourth-order valence-electron chi connectivity index (χ4n) is 1.23. The molecule has 1 aromatic heterocycles. The van der Waals surface area contributed by atoms with Crippen LogP contribution in [0.15, 0.2) is 6.20 Å². The van der Waals surface area contributed by atoms with E-state index in [-0.39, 0.29) is 11.9 Å². The third-order valence-electron chi connectivity index (χ3n) is 2.06. The molecule has 5 nitrogen and oxygen atoms in total. The molecule has 7 heteroatoms. The number of hydrogen-bond acceptors (Lipinski definition) is 5. The van der Waals surface area contributed by atoms with Crippen LogP contribution in [0.5, 0.6) is 0 Å². The molecule has 0 saturated carbocycles. The highest BCUT2D eigenvalue weighted by Crippen LogP contribution is 2.11. The molecule has 0 aliphatic carbocycles. The predicted molar refractivity (Wildman–Crippen MR) is 67.5 cm³/mol. The second kappa shape index (κ2) is 5.86. The normalized spacial score (nSPS) is 10.4. The van der Waals surface area contributed by atoms with E-state index < -0.39 is 0 Å². The maximum atomic E-state index is 12.0. The molecule has 2 N–H and O–H groups in total. The Morgan fingerprint density at radius 3 is 2.81 bits per heavy atom. The van der Waals surface area contributed by atoms with Gasteiger partial charge in [-0.1, -0.05) is 16.7 Å². The first kappa shape index (κ1) is 13.0. The zero-order valence-electron chi connectivity index (χ0n) is 9.21. The van der Waals surface area contributed by atoms with Crippen LogP contribution in [0.4, 0.5) is 0 Å². The summed E-state index contributed by atoms with van der Waals surface area (Å²) in [6.07, 6.45) is 2.01. The first-order chi connectivity index (χ1) is 7.52. The number of hydrogen-bond donors (Lipinski definition) is 1. The largest absolute Gasteiger partial charge is 0.393 e. The van der Waals surface area contributed by atoms with Crippen LogP contribution in [0.1, 0.15) is 29.9 Å². The van der Waals surface area contributed by atoms with Gasteiger partial charge in [0, 0.05) is 19.0 Å². The second-order valence-electron chi connectivity index (χ2n) is 3.59. The zero-order valence-corrected chi connectivity index (χ0v) is 10.8. The van der Waals surface area contributed by atoms with Crippen molar-refractivity contribution >= 4 is 34.6 Å². The smallest absolute Gasteiger partial charge is 0.267 e. The van der Waals surface area contributed by atoms with Crippen LogP contribution in [0.3, 0.4) is 0 Å². The SMILES string of the molecule is CC(C)N(CCC(N)=S)C(=O)c1cnns1. The highest BCUT2D eigenvalue weighted by atomic mass is 32.1. The van der Waals surface area contributed by atoms with Gasteiger partial charge < -0.3 is 10.6 Å². The van der Waals surface area contributed by atoms with Gasteiger partial charge in [-0.2, -0.15) is 0 Å². The molecule has 0 atom stereocenters. The quantitative estimate of drug-likeness (QED) is 0.800. The summed E-state index contributed by atoms with van der Waals surface area (Å²) in [4.78, 5) is 14.7. The number of carbonyl (C=O) groups excluding carboxylic acids is 1. The van der Waals surface area contributed by atoms with Crippen molar-refractivity contribution in [3.63, 3.8) is 0 Å². The fraction of sp³-hybridized carbons (Fsp3) is 0.556. The predicted octanol–water partition coefficient (Wildman–Crippen LogP) is 1.06. The molecule has 0 aliphatic heterocycles. The molecule has 0 saturated heterocycles. The summed E-state index contributed by atoms with van der Waals surface area (Å²) in [6, 6.07) is 0.101. The Morgan fingerprint density at radius 2 is 2.38 bits per heavy atom. The van der Waals surface area contributed by atoms with Crippen LogP contribution >= 0.6 is 23.8 Å². The molecule has 1 aromatic rings. The van der Waals surface area contributed by atoms with Crippen LogP contribution in [-0.4, -0.2) is 38.0 Å². The number of thiocarbonyl (C=S) groups is 1. The van der Waals surface area contributed by atoms with E-state index in [2.05, 4.69) is 9.59 Å². The lowest BCUT2D eigenvalue weighted by Crippen LogP contribution is -2.38. The maximum Gasteiger partial charge on any atom is 0.267 e. The first-order valence-electron chi connectivity index (χ1n) is 4.89. The highest BCUT2D eigenvalue weighted by molar-refractivity contribution is 7.80. The summed E-state index contributed by atoms with van der Waals surface area (Å²) in [6.45, 7) is 4.43. The topological polar surface area (TPSA) is 72.1 Å². The van der Waals surface area contributed by atoms with E-state index in [0.29, 0.717) is 22.8 Å². The second-order valence-corrected chi connectivity index (χ2v) is 4.90. The van der Waals surface area contributed by atoms with E-state index in [4.69, 9.17) is 18.0 Å². The minimum atomic E-state index is -0.0683. The van der Waals surface area contributed by atoms with E-state index in [1.807, 2.05) is 13.8 Å². The molecule has 0 fully saturated rings. The van der Waals surface area contributed by atoms with Gasteiger partial charge in [0.15, 0.2) is 0 Å². The van der Waals surface area contributed by atoms with E-state index in [1.165, 1.54) is 6.20 Å². The molecule has 0 aromatic carbocycles. The molecular weight excluding hydrogens is 244 g/mol. The molecule has 1 heterocycles. The lowest BCUT2D eigenvalue weighted by molar-refractivity contribution is 0.0716. The molecule has 0 unspecified atom stereocenters. The van der Waals surface area contributed by atoms with Crippen molar-refractivity contribution in [3.8, 4) is 0 Å². The lowest BCUT2D eigenvalue weighted by atomic mass is 10.2. The van der Waals surface area contributed by atoms with E-state index in [0.717, 1.165) is 11.5 Å². The third-order valence-corrected chi connectivity index (χ3v) is 2.91. The molecule has 0 bridgehead atoms. The fourth-order valence-corrected chi connectivity index (χ4v) is 1.79. The van der Waals surface area contributed by atoms with Crippen molar-refractivity contribution in [1.29, 1.82) is 0 Å². The van der Waals surface area contributed by atoms with Crippen LogP contribution in [-0.2, 0) is 0 Å². The zero-order chi connectivity index (χ0) is 12.1. The molecule has 1 rings (SSSR count). The number of nitrogens with two attached hydrogens (primary N) is 1. The Balaban J connectivity index is 2.70. The van der Waals surface area contributed by atoms with Crippen molar-refractivity contribution in [2.75, 3.05) is 6.54 Å². The van der Waals surface area contributed by atoms with Gasteiger partial charge in [-0.25, -0.2) is 0 Å². The number of rotatable bonds is 5. The molecule has 0 aliphatic rings. The summed E-state index contributed by atoms with van der Waals surface area (Å²) in [5.74, 6) is -0.0683. The van der Waals surface area contributed by atoms with Crippen molar-refractivity contribution in [1.82, 2.24) is 14.5 Å². The van der Waals surface area contributed by atoms with Crippen molar-refractivity contribution in [3.05, 3.63) is 11.1 Å². The number of amides is 1. The maximum absolute atomic E-state index is 12.0. The van der Waals surface area contributed by atoms with Crippen molar-refractivity contribution in [2.45, 2.75) is 26.3 Å². The van der Waals surface area contributed by atoms with Crippen molar-refractivity contribution in [2.24, 2.45) is 5.73 Å². The van der Waals surface area contributed by atoms with Gasteiger partial charge in [-0.15, -0.1) is 5.10 Å².